The molecule has 1 unspecified atom stereocenters. The first-order valence-electron chi connectivity index (χ1n) is 6.19. The van der Waals surface area contributed by atoms with Gasteiger partial charge in [-0.1, -0.05) is 29.3 Å². The molecule has 2 N–H and O–H groups in total. The van der Waals surface area contributed by atoms with Gasteiger partial charge in [0.05, 0.1) is 5.69 Å². The zero-order valence-corrected chi connectivity index (χ0v) is 12.7. The molecule has 0 bridgehead atoms. The minimum absolute atomic E-state index is 0.0774. The summed E-state index contributed by atoms with van der Waals surface area (Å²) in [5.41, 5.74) is 1.39. The molecule has 110 valence electrons. The largest absolute Gasteiger partial charge is 0.478 e. The van der Waals surface area contributed by atoms with E-state index in [9.17, 15) is 4.79 Å². The lowest BCUT2D eigenvalue weighted by Crippen LogP contribution is -2.21. The first-order valence-corrected chi connectivity index (χ1v) is 6.95. The van der Waals surface area contributed by atoms with Crippen LogP contribution >= 0.6 is 23.2 Å². The second-order valence-electron chi connectivity index (χ2n) is 4.46. The SMILES string of the molecule is CC(NCc1ncncc1C(=O)O)c1ccc(Cl)cc1Cl. The molecule has 7 heteroatoms. The Hall–Kier alpha value is -1.69. The molecule has 1 heterocycles. The van der Waals surface area contributed by atoms with Crippen LogP contribution < -0.4 is 5.32 Å². The molecule has 21 heavy (non-hydrogen) atoms. The number of carboxylic acids is 1. The molecule has 5 nitrogen and oxygen atoms in total. The van der Waals surface area contributed by atoms with Crippen LogP contribution in [0.5, 0.6) is 0 Å². The van der Waals surface area contributed by atoms with Crippen LogP contribution in [0.3, 0.4) is 0 Å². The monoisotopic (exact) mass is 325 g/mol. The fraction of sp³-hybridized carbons (Fsp3) is 0.214. The first kappa shape index (κ1) is 15.7. The van der Waals surface area contributed by atoms with Crippen molar-refractivity contribution in [1.29, 1.82) is 0 Å². The predicted molar refractivity (Wildman–Crippen MR) is 80.7 cm³/mol. The van der Waals surface area contributed by atoms with Gasteiger partial charge in [-0.2, -0.15) is 0 Å². The number of carbonyl (C=O) groups is 1. The van der Waals surface area contributed by atoms with Gasteiger partial charge >= 0.3 is 5.97 Å². The Morgan fingerprint density at radius 3 is 2.86 bits per heavy atom. The molecule has 1 atom stereocenters. The molecule has 0 aliphatic heterocycles. The van der Waals surface area contributed by atoms with Gasteiger partial charge in [-0.15, -0.1) is 0 Å². The van der Waals surface area contributed by atoms with Crippen molar-refractivity contribution in [2.24, 2.45) is 0 Å². The number of hydrogen-bond acceptors (Lipinski definition) is 4. The average molecular weight is 326 g/mol. The van der Waals surface area contributed by atoms with Crippen molar-refractivity contribution < 1.29 is 9.90 Å². The lowest BCUT2D eigenvalue weighted by Gasteiger charge is -2.16. The lowest BCUT2D eigenvalue weighted by atomic mass is 10.1. The van der Waals surface area contributed by atoms with Crippen LogP contribution in [-0.2, 0) is 6.54 Å². The quantitative estimate of drug-likeness (QED) is 0.881. The van der Waals surface area contributed by atoms with Gasteiger partial charge in [0.2, 0.25) is 0 Å². The summed E-state index contributed by atoms with van der Waals surface area (Å²) >= 11 is 12.0. The Bertz CT molecular complexity index is 664. The Morgan fingerprint density at radius 1 is 1.43 bits per heavy atom. The molecule has 0 aliphatic rings. The molecule has 0 amide bonds. The van der Waals surface area contributed by atoms with Crippen LogP contribution in [0.4, 0.5) is 0 Å². The molecule has 1 aromatic carbocycles. The average Bonchev–Trinajstić information content (AvgIpc) is 2.45. The van der Waals surface area contributed by atoms with Crippen LogP contribution in [0.15, 0.2) is 30.7 Å². The van der Waals surface area contributed by atoms with E-state index in [2.05, 4.69) is 15.3 Å². The number of rotatable bonds is 5. The summed E-state index contributed by atoms with van der Waals surface area (Å²) in [5.74, 6) is -1.05. The topological polar surface area (TPSA) is 75.1 Å². The predicted octanol–water partition coefficient (Wildman–Crippen LogP) is 3.33. The van der Waals surface area contributed by atoms with Gasteiger partial charge in [0, 0.05) is 28.8 Å². The minimum atomic E-state index is -1.05. The molecule has 0 saturated carbocycles. The van der Waals surface area contributed by atoms with Crippen molar-refractivity contribution in [1.82, 2.24) is 15.3 Å². The third kappa shape index (κ3) is 3.91. The molecule has 1 aromatic heterocycles. The van der Waals surface area contributed by atoms with Crippen LogP contribution in [0.1, 0.15) is 34.6 Å². The highest BCUT2D eigenvalue weighted by Crippen LogP contribution is 2.26. The number of aromatic nitrogens is 2. The molecular weight excluding hydrogens is 313 g/mol. The highest BCUT2D eigenvalue weighted by atomic mass is 35.5. The molecular formula is C14H13Cl2N3O2. The van der Waals surface area contributed by atoms with E-state index in [0.29, 0.717) is 22.3 Å². The third-order valence-corrected chi connectivity index (χ3v) is 3.59. The van der Waals surface area contributed by atoms with Gasteiger partial charge in [-0.25, -0.2) is 14.8 Å². The highest BCUT2D eigenvalue weighted by molar-refractivity contribution is 6.35. The molecule has 0 aliphatic carbocycles. The smallest absolute Gasteiger partial charge is 0.339 e. The van der Waals surface area contributed by atoms with Gasteiger partial charge in [0.25, 0.3) is 0 Å². The zero-order chi connectivity index (χ0) is 15.4. The maximum absolute atomic E-state index is 11.1. The number of benzene rings is 1. The summed E-state index contributed by atoms with van der Waals surface area (Å²) < 4.78 is 0. The summed E-state index contributed by atoms with van der Waals surface area (Å²) in [7, 11) is 0. The number of nitrogens with one attached hydrogen (secondary N) is 1. The molecule has 0 fully saturated rings. The van der Waals surface area contributed by atoms with Gasteiger partial charge in [-0.3, -0.25) is 0 Å². The van der Waals surface area contributed by atoms with Crippen LogP contribution in [-0.4, -0.2) is 21.0 Å². The molecule has 0 spiro atoms. The van der Waals surface area contributed by atoms with Crippen molar-refractivity contribution >= 4 is 29.2 Å². The highest BCUT2D eigenvalue weighted by Gasteiger charge is 2.14. The first-order chi connectivity index (χ1) is 9.99. The van der Waals surface area contributed by atoms with E-state index >= 15 is 0 Å². The maximum Gasteiger partial charge on any atom is 0.339 e. The Balaban J connectivity index is 2.11. The van der Waals surface area contributed by atoms with E-state index in [4.69, 9.17) is 28.3 Å². The van der Waals surface area contributed by atoms with Gasteiger partial charge in [0.15, 0.2) is 0 Å². The van der Waals surface area contributed by atoms with Gasteiger partial charge < -0.3 is 10.4 Å². The maximum atomic E-state index is 11.1. The van der Waals surface area contributed by atoms with E-state index in [-0.39, 0.29) is 11.6 Å². The summed E-state index contributed by atoms with van der Waals surface area (Å²) in [6.07, 6.45) is 2.61. The van der Waals surface area contributed by atoms with Crippen LogP contribution in [0.25, 0.3) is 0 Å². The second-order valence-corrected chi connectivity index (χ2v) is 5.30. The molecule has 0 saturated heterocycles. The zero-order valence-electron chi connectivity index (χ0n) is 11.2. The van der Waals surface area contributed by atoms with E-state index in [1.807, 2.05) is 13.0 Å². The van der Waals surface area contributed by atoms with E-state index in [1.54, 1.807) is 12.1 Å². The van der Waals surface area contributed by atoms with Crippen molar-refractivity contribution in [2.75, 3.05) is 0 Å². The fourth-order valence-electron chi connectivity index (χ4n) is 1.89. The van der Waals surface area contributed by atoms with Crippen molar-refractivity contribution in [3.8, 4) is 0 Å². The van der Waals surface area contributed by atoms with E-state index in [0.717, 1.165) is 5.56 Å². The van der Waals surface area contributed by atoms with Crippen LogP contribution in [0.2, 0.25) is 10.0 Å². The Morgan fingerprint density at radius 2 is 2.19 bits per heavy atom. The van der Waals surface area contributed by atoms with Crippen molar-refractivity contribution in [2.45, 2.75) is 19.5 Å². The van der Waals surface area contributed by atoms with E-state index in [1.165, 1.54) is 12.5 Å². The number of halogens is 2. The number of carboxylic acid groups (broad SMARTS) is 1. The van der Waals surface area contributed by atoms with Crippen LogP contribution in [0, 0.1) is 0 Å². The van der Waals surface area contributed by atoms with E-state index < -0.39 is 5.97 Å². The minimum Gasteiger partial charge on any atom is -0.478 e. The summed E-state index contributed by atoms with van der Waals surface area (Å²) in [5, 5.41) is 13.4. The Kier molecular flexibility index (Phi) is 5.12. The molecule has 2 aromatic rings. The summed E-state index contributed by atoms with van der Waals surface area (Å²) in [4.78, 5) is 18.8. The normalized spacial score (nSPS) is 12.1. The second kappa shape index (κ2) is 6.85. The van der Waals surface area contributed by atoms with Crippen molar-refractivity contribution in [3.63, 3.8) is 0 Å². The van der Waals surface area contributed by atoms with Gasteiger partial charge in [-0.05, 0) is 24.6 Å². The fourth-order valence-corrected chi connectivity index (χ4v) is 2.46. The summed E-state index contributed by atoms with van der Waals surface area (Å²) in [6, 6.07) is 5.19. The lowest BCUT2D eigenvalue weighted by molar-refractivity contribution is 0.0694. The third-order valence-electron chi connectivity index (χ3n) is 3.03. The number of nitrogens with zero attached hydrogens (tertiary/aromatic N) is 2. The summed E-state index contributed by atoms with van der Waals surface area (Å²) in [6.45, 7) is 2.22. The number of hydrogen-bond donors (Lipinski definition) is 2. The molecule has 0 radical (unpaired) electrons. The van der Waals surface area contributed by atoms with Crippen molar-refractivity contribution in [3.05, 3.63) is 57.6 Å². The molecule has 2 rings (SSSR count). The Labute approximate surface area is 131 Å². The standard InChI is InChI=1S/C14H13Cl2N3O2/c1-8(10-3-2-9(15)4-12(10)16)18-6-13-11(14(20)21)5-17-7-19-13/h2-5,7-8,18H,6H2,1H3,(H,20,21). The van der Waals surface area contributed by atoms with Gasteiger partial charge in [0.1, 0.15) is 11.9 Å². The number of aromatic carboxylic acids is 1.